The third-order valence-corrected chi connectivity index (χ3v) is 4.41. The standard InChI is InChI=1S/C19H20F3N3O/c20-19(21,22)13-5-4-8-15(11-13)24-16-9-10-23-17(12-16)18(26)25-14-6-2-1-3-7-14/h4-5,8-12,14H,1-3,6-7H2,(H,23,24)(H,25,26). The van der Waals surface area contributed by atoms with Crippen LogP contribution in [-0.2, 0) is 6.18 Å². The van der Waals surface area contributed by atoms with Gasteiger partial charge in [-0.25, -0.2) is 0 Å². The molecule has 2 aromatic rings. The molecule has 4 nitrogen and oxygen atoms in total. The zero-order chi connectivity index (χ0) is 18.6. The molecular formula is C19H20F3N3O. The number of hydrogen-bond acceptors (Lipinski definition) is 3. The van der Waals surface area contributed by atoms with Gasteiger partial charge >= 0.3 is 6.18 Å². The summed E-state index contributed by atoms with van der Waals surface area (Å²) in [6.45, 7) is 0. The Labute approximate surface area is 149 Å². The monoisotopic (exact) mass is 363 g/mol. The van der Waals surface area contributed by atoms with Crippen molar-refractivity contribution in [3.63, 3.8) is 0 Å². The number of halogens is 3. The highest BCUT2D eigenvalue weighted by Crippen LogP contribution is 2.31. The van der Waals surface area contributed by atoms with Gasteiger partial charge in [-0.15, -0.1) is 0 Å². The van der Waals surface area contributed by atoms with Gasteiger partial charge in [0.1, 0.15) is 5.69 Å². The van der Waals surface area contributed by atoms with Gasteiger partial charge in [0.05, 0.1) is 5.56 Å². The zero-order valence-corrected chi connectivity index (χ0v) is 14.1. The van der Waals surface area contributed by atoms with Gasteiger partial charge < -0.3 is 10.6 Å². The number of rotatable bonds is 4. The van der Waals surface area contributed by atoms with Crippen molar-refractivity contribution in [2.75, 3.05) is 5.32 Å². The summed E-state index contributed by atoms with van der Waals surface area (Å²) in [5, 5.41) is 5.87. The summed E-state index contributed by atoms with van der Waals surface area (Å²) >= 11 is 0. The number of alkyl halides is 3. The molecule has 7 heteroatoms. The Balaban J connectivity index is 1.70. The second kappa shape index (κ2) is 7.76. The molecule has 0 radical (unpaired) electrons. The van der Waals surface area contributed by atoms with Gasteiger partial charge in [0.2, 0.25) is 0 Å². The van der Waals surface area contributed by atoms with Crippen LogP contribution in [-0.4, -0.2) is 16.9 Å². The molecule has 1 amide bonds. The number of hydrogen-bond donors (Lipinski definition) is 2. The average Bonchev–Trinajstić information content (AvgIpc) is 2.62. The van der Waals surface area contributed by atoms with Gasteiger partial charge in [0.25, 0.3) is 5.91 Å². The summed E-state index contributed by atoms with van der Waals surface area (Å²) in [6.07, 6.45) is 2.40. The largest absolute Gasteiger partial charge is 0.416 e. The summed E-state index contributed by atoms with van der Waals surface area (Å²) in [5.74, 6) is -0.260. The first kappa shape index (κ1) is 18.2. The van der Waals surface area contributed by atoms with Crippen LogP contribution < -0.4 is 10.6 Å². The SMILES string of the molecule is O=C(NC1CCCCC1)c1cc(Nc2cccc(C(F)(F)F)c2)ccn1. The van der Waals surface area contributed by atoms with Gasteiger partial charge in [-0.3, -0.25) is 9.78 Å². The smallest absolute Gasteiger partial charge is 0.355 e. The van der Waals surface area contributed by atoms with Gasteiger partial charge in [0, 0.05) is 23.6 Å². The van der Waals surface area contributed by atoms with Crippen LogP contribution in [0.25, 0.3) is 0 Å². The maximum absolute atomic E-state index is 12.8. The number of benzene rings is 1. The van der Waals surface area contributed by atoms with E-state index in [1.807, 2.05) is 0 Å². The molecule has 1 aromatic heterocycles. The maximum atomic E-state index is 12.8. The lowest BCUT2D eigenvalue weighted by Gasteiger charge is -2.22. The van der Waals surface area contributed by atoms with E-state index in [2.05, 4.69) is 15.6 Å². The first-order valence-corrected chi connectivity index (χ1v) is 8.63. The number of nitrogens with zero attached hydrogens (tertiary/aromatic N) is 1. The van der Waals surface area contributed by atoms with Crippen molar-refractivity contribution >= 4 is 17.3 Å². The first-order chi connectivity index (χ1) is 12.4. The quantitative estimate of drug-likeness (QED) is 0.812. The Morgan fingerprint density at radius 2 is 1.77 bits per heavy atom. The van der Waals surface area contributed by atoms with Crippen molar-refractivity contribution in [3.05, 3.63) is 53.9 Å². The molecule has 1 aliphatic rings. The van der Waals surface area contributed by atoms with E-state index in [4.69, 9.17) is 0 Å². The van der Waals surface area contributed by atoms with E-state index in [-0.39, 0.29) is 17.6 Å². The molecular weight excluding hydrogens is 343 g/mol. The van der Waals surface area contributed by atoms with Crippen LogP contribution in [0, 0.1) is 0 Å². The van der Waals surface area contributed by atoms with Crippen molar-refractivity contribution in [1.29, 1.82) is 0 Å². The van der Waals surface area contributed by atoms with Gasteiger partial charge in [-0.2, -0.15) is 13.2 Å². The molecule has 0 atom stereocenters. The molecule has 1 saturated carbocycles. The zero-order valence-electron chi connectivity index (χ0n) is 14.1. The summed E-state index contributed by atoms with van der Waals surface area (Å²) in [7, 11) is 0. The Morgan fingerprint density at radius 3 is 2.50 bits per heavy atom. The first-order valence-electron chi connectivity index (χ1n) is 8.63. The van der Waals surface area contributed by atoms with Crippen LogP contribution in [0.5, 0.6) is 0 Å². The predicted octanol–water partition coefficient (Wildman–Crippen LogP) is 4.91. The van der Waals surface area contributed by atoms with Crippen LogP contribution in [0.1, 0.15) is 48.2 Å². The minimum Gasteiger partial charge on any atom is -0.355 e. The van der Waals surface area contributed by atoms with E-state index in [0.717, 1.165) is 37.8 Å². The van der Waals surface area contributed by atoms with Crippen molar-refractivity contribution in [3.8, 4) is 0 Å². The molecule has 26 heavy (non-hydrogen) atoms. The highest BCUT2D eigenvalue weighted by atomic mass is 19.4. The van der Waals surface area contributed by atoms with Crippen molar-refractivity contribution in [2.24, 2.45) is 0 Å². The number of carbonyl (C=O) groups excluding carboxylic acids is 1. The van der Waals surface area contributed by atoms with Crippen molar-refractivity contribution < 1.29 is 18.0 Å². The average molecular weight is 363 g/mol. The van der Waals surface area contributed by atoms with Crippen LogP contribution in [0.4, 0.5) is 24.5 Å². The van der Waals surface area contributed by atoms with Crippen LogP contribution in [0.2, 0.25) is 0 Å². The van der Waals surface area contributed by atoms with Crippen molar-refractivity contribution in [2.45, 2.75) is 44.3 Å². The molecule has 2 N–H and O–H groups in total. The number of pyridine rings is 1. The summed E-state index contributed by atoms with van der Waals surface area (Å²) < 4.78 is 38.4. The van der Waals surface area contributed by atoms with E-state index in [1.54, 1.807) is 12.1 Å². The second-order valence-corrected chi connectivity index (χ2v) is 6.44. The highest BCUT2D eigenvalue weighted by molar-refractivity contribution is 5.93. The van der Waals surface area contributed by atoms with Crippen LogP contribution >= 0.6 is 0 Å². The highest BCUT2D eigenvalue weighted by Gasteiger charge is 2.30. The van der Waals surface area contributed by atoms with Gasteiger partial charge in [0.15, 0.2) is 0 Å². The normalized spacial score (nSPS) is 15.5. The Bertz CT molecular complexity index is 771. The van der Waals surface area contributed by atoms with Gasteiger partial charge in [-0.05, 0) is 43.2 Å². The molecule has 1 aromatic carbocycles. The minimum atomic E-state index is -4.40. The third-order valence-electron chi connectivity index (χ3n) is 4.41. The molecule has 0 unspecified atom stereocenters. The fraction of sp³-hybridized carbons (Fsp3) is 0.368. The molecule has 138 valence electrons. The number of carbonyl (C=O) groups is 1. The summed E-state index contributed by atoms with van der Waals surface area (Å²) in [4.78, 5) is 16.4. The molecule has 0 saturated heterocycles. The van der Waals surface area contributed by atoms with E-state index >= 15 is 0 Å². The molecule has 1 fully saturated rings. The van der Waals surface area contributed by atoms with E-state index in [0.29, 0.717) is 11.4 Å². The lowest BCUT2D eigenvalue weighted by Crippen LogP contribution is -2.36. The maximum Gasteiger partial charge on any atom is 0.416 e. The van der Waals surface area contributed by atoms with Crippen LogP contribution in [0.15, 0.2) is 42.6 Å². The fourth-order valence-corrected chi connectivity index (χ4v) is 3.08. The number of anilines is 2. The molecule has 0 spiro atoms. The number of aromatic nitrogens is 1. The van der Waals surface area contributed by atoms with E-state index < -0.39 is 11.7 Å². The number of amides is 1. The molecule has 0 bridgehead atoms. The number of nitrogens with one attached hydrogen (secondary N) is 2. The molecule has 1 aliphatic carbocycles. The Morgan fingerprint density at radius 1 is 1.04 bits per heavy atom. The Kier molecular flexibility index (Phi) is 5.44. The summed E-state index contributed by atoms with van der Waals surface area (Å²) in [6, 6.07) is 8.23. The third kappa shape index (κ3) is 4.74. The predicted molar refractivity (Wildman–Crippen MR) is 93.3 cm³/mol. The second-order valence-electron chi connectivity index (χ2n) is 6.44. The van der Waals surface area contributed by atoms with Gasteiger partial charge in [-0.1, -0.05) is 25.3 Å². The molecule has 0 aliphatic heterocycles. The summed E-state index contributed by atoms with van der Waals surface area (Å²) in [5.41, 5.74) is 0.317. The topological polar surface area (TPSA) is 54.0 Å². The van der Waals surface area contributed by atoms with Crippen molar-refractivity contribution in [1.82, 2.24) is 10.3 Å². The molecule has 3 rings (SSSR count). The fourth-order valence-electron chi connectivity index (χ4n) is 3.08. The van der Waals surface area contributed by atoms with E-state index in [1.165, 1.54) is 24.8 Å². The van der Waals surface area contributed by atoms with E-state index in [9.17, 15) is 18.0 Å². The Hall–Kier alpha value is -2.57. The minimum absolute atomic E-state index is 0.165. The lowest BCUT2D eigenvalue weighted by molar-refractivity contribution is -0.137. The van der Waals surface area contributed by atoms with Crippen LogP contribution in [0.3, 0.4) is 0 Å². The lowest BCUT2D eigenvalue weighted by atomic mass is 9.95. The molecule has 1 heterocycles.